The molecule has 2 amide bonds. The third-order valence-electron chi connectivity index (χ3n) is 6.79. The minimum absolute atomic E-state index is 0.148. The summed E-state index contributed by atoms with van der Waals surface area (Å²) in [5.41, 5.74) is 2.91. The second kappa shape index (κ2) is 8.21. The fourth-order valence-electron chi connectivity index (χ4n) is 5.06. The smallest absolute Gasteiger partial charge is 0.254 e. The van der Waals surface area contributed by atoms with Gasteiger partial charge in [0.2, 0.25) is 0 Å². The van der Waals surface area contributed by atoms with Gasteiger partial charge in [0.25, 0.3) is 11.8 Å². The van der Waals surface area contributed by atoms with Crippen molar-refractivity contribution in [2.24, 2.45) is 28.8 Å². The van der Waals surface area contributed by atoms with E-state index in [9.17, 15) is 14.9 Å². The van der Waals surface area contributed by atoms with Crippen molar-refractivity contribution in [1.82, 2.24) is 5.01 Å². The lowest BCUT2D eigenvalue weighted by Crippen LogP contribution is -2.28. The molecule has 166 valence electrons. The number of allylic oxidation sites excluding steroid dienone is 2. The monoisotopic (exact) mass is 440 g/mol. The first-order chi connectivity index (χ1) is 16.0. The molecule has 1 heterocycles. The van der Waals surface area contributed by atoms with Crippen LogP contribution in [0, 0.1) is 35.0 Å². The molecule has 4 atom stereocenters. The number of hydrogen-bond acceptors (Lipinski definition) is 6. The van der Waals surface area contributed by atoms with Gasteiger partial charge < -0.3 is 9.64 Å². The number of hydrogen-bond donors (Lipinski definition) is 0. The molecule has 0 spiro atoms. The summed E-state index contributed by atoms with van der Waals surface area (Å²) in [5, 5.41) is 14.7. The number of carbonyl (C=O) groups is 2. The Morgan fingerprint density at radius 3 is 2.48 bits per heavy atom. The standard InChI is InChI=1S/C26H24N4O3/c1-29(2)21-10-9-19(22(12-21)33-15-20-6-4-3-5-18(20)13-27)14-28-30-25(31)23-16-7-8-17(11-16)24(23)26(30)32/h3-10,12,14,16-17,23-24H,11,15H2,1-2H3/t16-,17-,23-,24+/m0/s1. The first-order valence-corrected chi connectivity index (χ1v) is 11.0. The largest absolute Gasteiger partial charge is 0.488 e. The van der Waals surface area contributed by atoms with E-state index < -0.39 is 0 Å². The van der Waals surface area contributed by atoms with E-state index in [1.165, 1.54) is 6.21 Å². The second-order valence-electron chi connectivity index (χ2n) is 8.91. The molecule has 2 aromatic rings. The number of amides is 2. The van der Waals surface area contributed by atoms with Gasteiger partial charge in [0.05, 0.1) is 29.7 Å². The fraction of sp³-hybridized carbons (Fsp3) is 0.308. The summed E-state index contributed by atoms with van der Waals surface area (Å²) >= 11 is 0. The number of nitrogens with zero attached hydrogens (tertiary/aromatic N) is 4. The number of imide groups is 1. The molecule has 0 aromatic heterocycles. The minimum atomic E-state index is -0.279. The molecule has 1 saturated heterocycles. The number of fused-ring (bicyclic) bond motifs is 5. The lowest BCUT2D eigenvalue weighted by molar-refractivity contribution is -0.140. The molecule has 3 aliphatic rings. The van der Waals surface area contributed by atoms with Gasteiger partial charge >= 0.3 is 0 Å². The van der Waals surface area contributed by atoms with Crippen LogP contribution in [0.1, 0.15) is 23.1 Å². The van der Waals surface area contributed by atoms with Crippen molar-refractivity contribution < 1.29 is 14.3 Å². The number of nitriles is 1. The van der Waals surface area contributed by atoms with Crippen molar-refractivity contribution >= 4 is 23.7 Å². The highest BCUT2D eigenvalue weighted by Crippen LogP contribution is 2.52. The van der Waals surface area contributed by atoms with Gasteiger partial charge in [0.1, 0.15) is 12.4 Å². The zero-order valence-corrected chi connectivity index (χ0v) is 18.5. The maximum atomic E-state index is 12.9. The average molecular weight is 441 g/mol. The zero-order valence-electron chi connectivity index (χ0n) is 18.5. The van der Waals surface area contributed by atoms with E-state index in [2.05, 4.69) is 23.3 Å². The summed E-state index contributed by atoms with van der Waals surface area (Å²) in [4.78, 5) is 27.8. The van der Waals surface area contributed by atoms with Crippen LogP contribution < -0.4 is 9.64 Å². The van der Waals surface area contributed by atoms with Gasteiger partial charge in [0, 0.05) is 37.0 Å². The Hall–Kier alpha value is -3.92. The second-order valence-corrected chi connectivity index (χ2v) is 8.91. The van der Waals surface area contributed by atoms with Crippen LogP contribution >= 0.6 is 0 Å². The van der Waals surface area contributed by atoms with Crippen LogP contribution in [0.3, 0.4) is 0 Å². The summed E-state index contributed by atoms with van der Waals surface area (Å²) in [6, 6.07) is 15.1. The van der Waals surface area contributed by atoms with Crippen molar-refractivity contribution in [3.8, 4) is 11.8 Å². The zero-order chi connectivity index (χ0) is 23.1. The molecule has 0 radical (unpaired) electrons. The number of benzene rings is 2. The lowest BCUT2D eigenvalue weighted by atomic mass is 9.85. The van der Waals surface area contributed by atoms with Crippen molar-refractivity contribution in [2.75, 3.05) is 19.0 Å². The number of anilines is 1. The van der Waals surface area contributed by atoms with E-state index in [1.54, 1.807) is 6.07 Å². The Balaban J connectivity index is 1.40. The Morgan fingerprint density at radius 2 is 1.82 bits per heavy atom. The maximum absolute atomic E-state index is 12.9. The van der Waals surface area contributed by atoms with Gasteiger partial charge in [-0.3, -0.25) is 9.59 Å². The van der Waals surface area contributed by atoms with E-state index in [-0.39, 0.29) is 42.1 Å². The number of hydrazone groups is 1. The van der Waals surface area contributed by atoms with Gasteiger partial charge in [-0.25, -0.2) is 0 Å². The topological polar surface area (TPSA) is 86.0 Å². The van der Waals surface area contributed by atoms with Crippen molar-refractivity contribution in [2.45, 2.75) is 13.0 Å². The van der Waals surface area contributed by atoms with Crippen LogP contribution in [-0.2, 0) is 16.2 Å². The first-order valence-electron chi connectivity index (χ1n) is 11.0. The van der Waals surface area contributed by atoms with Gasteiger partial charge in [-0.2, -0.15) is 15.4 Å². The third kappa shape index (κ3) is 3.58. The molecular formula is C26H24N4O3. The van der Waals surface area contributed by atoms with Crippen LogP contribution in [0.5, 0.6) is 5.75 Å². The fourth-order valence-corrected chi connectivity index (χ4v) is 5.06. The molecule has 0 unspecified atom stereocenters. The molecular weight excluding hydrogens is 416 g/mol. The maximum Gasteiger partial charge on any atom is 0.254 e. The van der Waals surface area contributed by atoms with Crippen LogP contribution in [0.15, 0.2) is 59.7 Å². The molecule has 7 heteroatoms. The summed E-state index contributed by atoms with van der Waals surface area (Å²) in [6.45, 7) is 0.211. The van der Waals surface area contributed by atoms with E-state index in [1.807, 2.05) is 55.4 Å². The van der Waals surface area contributed by atoms with Crippen LogP contribution in [-0.4, -0.2) is 37.1 Å². The molecule has 5 rings (SSSR count). The molecule has 2 bridgehead atoms. The van der Waals surface area contributed by atoms with Crippen LogP contribution in [0.25, 0.3) is 0 Å². The Labute approximate surface area is 192 Å². The molecule has 7 nitrogen and oxygen atoms in total. The van der Waals surface area contributed by atoms with Gasteiger partial charge in [0.15, 0.2) is 0 Å². The normalized spacial score (nSPS) is 25.1. The van der Waals surface area contributed by atoms with Crippen LogP contribution in [0.4, 0.5) is 5.69 Å². The number of ether oxygens (including phenoxy) is 1. The average Bonchev–Trinajstić information content (AvgIpc) is 3.51. The number of carbonyl (C=O) groups excluding carboxylic acids is 2. The Kier molecular flexibility index (Phi) is 5.21. The van der Waals surface area contributed by atoms with E-state index >= 15 is 0 Å². The van der Waals surface area contributed by atoms with Crippen molar-refractivity contribution in [3.05, 3.63) is 71.3 Å². The first kappa shape index (κ1) is 21.0. The molecule has 1 aliphatic heterocycles. The molecule has 1 saturated carbocycles. The highest BCUT2D eigenvalue weighted by atomic mass is 16.5. The van der Waals surface area contributed by atoms with E-state index in [0.717, 1.165) is 22.7 Å². The van der Waals surface area contributed by atoms with Gasteiger partial charge in [-0.15, -0.1) is 0 Å². The Morgan fingerprint density at radius 1 is 1.12 bits per heavy atom. The van der Waals surface area contributed by atoms with E-state index in [0.29, 0.717) is 16.9 Å². The van der Waals surface area contributed by atoms with Crippen molar-refractivity contribution in [1.29, 1.82) is 5.26 Å². The molecule has 0 N–H and O–H groups in total. The van der Waals surface area contributed by atoms with E-state index in [4.69, 9.17) is 4.74 Å². The SMILES string of the molecule is CN(C)c1ccc(C=NN2C(=O)[C@@H]3[C@H](C2=O)[C@H]2C=C[C@H]3C2)c(OCc2ccccc2C#N)c1. The summed E-state index contributed by atoms with van der Waals surface area (Å²) in [5.74, 6) is -0.135. The summed E-state index contributed by atoms with van der Waals surface area (Å²) < 4.78 is 6.08. The highest BCUT2D eigenvalue weighted by molar-refractivity contribution is 6.07. The Bertz CT molecular complexity index is 1200. The molecule has 2 aromatic carbocycles. The highest BCUT2D eigenvalue weighted by Gasteiger charge is 2.59. The summed E-state index contributed by atoms with van der Waals surface area (Å²) in [7, 11) is 3.86. The molecule has 33 heavy (non-hydrogen) atoms. The quantitative estimate of drug-likeness (QED) is 0.391. The lowest BCUT2D eigenvalue weighted by Gasteiger charge is -2.17. The van der Waals surface area contributed by atoms with Gasteiger partial charge in [-0.05, 0) is 36.5 Å². The van der Waals surface area contributed by atoms with Crippen molar-refractivity contribution in [3.63, 3.8) is 0 Å². The predicted molar refractivity (Wildman–Crippen MR) is 123 cm³/mol. The minimum Gasteiger partial charge on any atom is -0.488 e. The van der Waals surface area contributed by atoms with Gasteiger partial charge in [-0.1, -0.05) is 30.4 Å². The molecule has 2 fully saturated rings. The summed E-state index contributed by atoms with van der Waals surface area (Å²) in [6.07, 6.45) is 6.53. The predicted octanol–water partition coefficient (Wildman–Crippen LogP) is 3.34. The third-order valence-corrected chi connectivity index (χ3v) is 6.79. The molecule has 2 aliphatic carbocycles. The van der Waals surface area contributed by atoms with Crippen LogP contribution in [0.2, 0.25) is 0 Å². The number of rotatable bonds is 6.